The topological polar surface area (TPSA) is 54.0 Å². The number of esters is 1. The average Bonchev–Trinajstić information content (AvgIpc) is 3.23. The van der Waals surface area contributed by atoms with E-state index in [4.69, 9.17) is 18.9 Å². The molecular weight excluding hydrogens is 472 g/mol. The highest BCUT2D eigenvalue weighted by Gasteiger charge is 2.26. The number of hydrogen-bond donors (Lipinski definition) is 1. The number of thiol groups is 1. The van der Waals surface area contributed by atoms with Crippen LogP contribution in [0.5, 0.6) is 17.2 Å². The van der Waals surface area contributed by atoms with Gasteiger partial charge in [-0.2, -0.15) is 10.9 Å². The zero-order valence-electron chi connectivity index (χ0n) is 20.2. The molecule has 0 saturated heterocycles. The SMILES string of the molecule is CCOC(C)OC(=O)COc1ccc(Oc2ccc([SH]3c4ccccc4-c4ccccc43)cc2)cc1. The van der Waals surface area contributed by atoms with Crippen LogP contribution in [0.1, 0.15) is 13.8 Å². The van der Waals surface area contributed by atoms with Gasteiger partial charge in [0.25, 0.3) is 0 Å². The van der Waals surface area contributed by atoms with E-state index in [1.165, 1.54) is 25.8 Å². The summed E-state index contributed by atoms with van der Waals surface area (Å²) in [5, 5.41) is 0. The van der Waals surface area contributed by atoms with Crippen LogP contribution in [-0.4, -0.2) is 25.5 Å². The van der Waals surface area contributed by atoms with Gasteiger partial charge in [-0.15, -0.1) is 0 Å². The monoisotopic (exact) mass is 500 g/mol. The van der Waals surface area contributed by atoms with Gasteiger partial charge >= 0.3 is 5.97 Å². The summed E-state index contributed by atoms with van der Waals surface area (Å²) in [6, 6.07) is 32.9. The number of rotatable bonds is 9. The van der Waals surface area contributed by atoms with Crippen molar-refractivity contribution in [1.82, 2.24) is 0 Å². The highest BCUT2D eigenvalue weighted by Crippen LogP contribution is 2.62. The van der Waals surface area contributed by atoms with Gasteiger partial charge in [0.15, 0.2) is 12.9 Å². The third-order valence-electron chi connectivity index (χ3n) is 5.79. The summed E-state index contributed by atoms with van der Waals surface area (Å²) in [6.45, 7) is 3.80. The molecule has 0 bridgehead atoms. The molecule has 0 spiro atoms. The fraction of sp³-hybridized carbons (Fsp3) is 0.167. The molecule has 0 saturated carbocycles. The molecule has 1 heterocycles. The molecule has 5 nitrogen and oxygen atoms in total. The minimum Gasteiger partial charge on any atom is -0.482 e. The third kappa shape index (κ3) is 5.25. The number of benzene rings is 4. The quantitative estimate of drug-likeness (QED) is 0.131. The fourth-order valence-electron chi connectivity index (χ4n) is 4.23. The van der Waals surface area contributed by atoms with Crippen LogP contribution in [0, 0.1) is 0 Å². The molecule has 36 heavy (non-hydrogen) atoms. The average molecular weight is 501 g/mol. The predicted molar refractivity (Wildman–Crippen MR) is 141 cm³/mol. The summed E-state index contributed by atoms with van der Waals surface area (Å²) in [6.07, 6.45) is -0.590. The first-order valence-electron chi connectivity index (χ1n) is 11.9. The van der Waals surface area contributed by atoms with E-state index in [2.05, 4.69) is 60.7 Å². The molecule has 0 aromatic heterocycles. The molecule has 0 N–H and O–H groups in total. The largest absolute Gasteiger partial charge is 0.482 e. The molecule has 0 radical (unpaired) electrons. The van der Waals surface area contributed by atoms with Gasteiger partial charge in [-0.3, -0.25) is 0 Å². The van der Waals surface area contributed by atoms with Crippen molar-refractivity contribution in [3.8, 4) is 28.4 Å². The highest BCUT2D eigenvalue weighted by atomic mass is 32.2. The van der Waals surface area contributed by atoms with Crippen LogP contribution < -0.4 is 9.47 Å². The van der Waals surface area contributed by atoms with Crippen LogP contribution >= 0.6 is 10.9 Å². The van der Waals surface area contributed by atoms with Crippen LogP contribution in [0.4, 0.5) is 0 Å². The van der Waals surface area contributed by atoms with Gasteiger partial charge in [-0.25, -0.2) is 4.79 Å². The number of hydrogen-bond acceptors (Lipinski definition) is 5. The number of carbonyl (C=O) groups excluding carboxylic acids is 1. The minimum absolute atomic E-state index is 0.186. The Morgan fingerprint density at radius 3 is 1.86 bits per heavy atom. The third-order valence-corrected chi connectivity index (χ3v) is 8.35. The first-order valence-corrected chi connectivity index (χ1v) is 13.3. The van der Waals surface area contributed by atoms with Gasteiger partial charge in [-0.05, 0) is 90.5 Å². The van der Waals surface area contributed by atoms with Gasteiger partial charge in [0.1, 0.15) is 17.2 Å². The molecule has 184 valence electrons. The van der Waals surface area contributed by atoms with E-state index in [0.717, 1.165) is 5.75 Å². The lowest BCUT2D eigenvalue weighted by atomic mass is 10.1. The molecule has 4 aromatic carbocycles. The van der Waals surface area contributed by atoms with E-state index in [-0.39, 0.29) is 6.61 Å². The fourth-order valence-corrected chi connectivity index (χ4v) is 6.84. The normalized spacial score (nSPS) is 13.4. The Labute approximate surface area is 213 Å². The van der Waals surface area contributed by atoms with Crippen LogP contribution in [0.3, 0.4) is 0 Å². The Balaban J connectivity index is 1.22. The van der Waals surface area contributed by atoms with Crippen molar-refractivity contribution in [3.63, 3.8) is 0 Å². The van der Waals surface area contributed by atoms with Crippen molar-refractivity contribution < 1.29 is 23.7 Å². The molecule has 1 aliphatic rings. The van der Waals surface area contributed by atoms with Crippen LogP contribution in [-0.2, 0) is 14.3 Å². The minimum atomic E-state index is -0.590. The second kappa shape index (κ2) is 10.9. The van der Waals surface area contributed by atoms with E-state index in [9.17, 15) is 4.79 Å². The predicted octanol–water partition coefficient (Wildman–Crippen LogP) is 7.24. The number of fused-ring (bicyclic) bond motifs is 3. The van der Waals surface area contributed by atoms with E-state index < -0.39 is 23.2 Å². The summed E-state index contributed by atoms with van der Waals surface area (Å²) in [7, 11) is -0.583. The van der Waals surface area contributed by atoms with Crippen LogP contribution in [0.25, 0.3) is 11.1 Å². The van der Waals surface area contributed by atoms with Crippen molar-refractivity contribution in [1.29, 1.82) is 0 Å². The highest BCUT2D eigenvalue weighted by molar-refractivity contribution is 8.17. The van der Waals surface area contributed by atoms with Gasteiger partial charge in [-0.1, -0.05) is 36.4 Å². The lowest BCUT2D eigenvalue weighted by Gasteiger charge is -2.19. The van der Waals surface area contributed by atoms with Gasteiger partial charge in [0, 0.05) is 16.4 Å². The summed E-state index contributed by atoms with van der Waals surface area (Å²) < 4.78 is 21.8. The van der Waals surface area contributed by atoms with E-state index >= 15 is 0 Å². The Kier molecular flexibility index (Phi) is 7.26. The molecule has 0 amide bonds. The Bertz CT molecular complexity index is 1290. The lowest BCUT2D eigenvalue weighted by molar-refractivity contribution is -0.175. The van der Waals surface area contributed by atoms with Crippen LogP contribution in [0.15, 0.2) is 112 Å². The second-order valence-electron chi connectivity index (χ2n) is 8.24. The Hall–Kier alpha value is -3.74. The summed E-state index contributed by atoms with van der Waals surface area (Å²) in [5.74, 6) is 1.52. The summed E-state index contributed by atoms with van der Waals surface area (Å²) in [4.78, 5) is 15.9. The maximum absolute atomic E-state index is 11.8. The molecule has 5 rings (SSSR count). The number of carbonyl (C=O) groups is 1. The van der Waals surface area contributed by atoms with E-state index in [0.29, 0.717) is 18.1 Å². The molecule has 0 aliphatic carbocycles. The first kappa shape index (κ1) is 24.0. The van der Waals surface area contributed by atoms with E-state index in [1.807, 2.05) is 31.2 Å². The Morgan fingerprint density at radius 1 is 0.750 bits per heavy atom. The van der Waals surface area contributed by atoms with Gasteiger partial charge in [0.05, 0.1) is 0 Å². The van der Waals surface area contributed by atoms with Crippen molar-refractivity contribution in [3.05, 3.63) is 97.1 Å². The van der Waals surface area contributed by atoms with Crippen LogP contribution in [0.2, 0.25) is 0 Å². The van der Waals surface area contributed by atoms with Crippen molar-refractivity contribution in [2.45, 2.75) is 34.8 Å². The molecule has 1 aliphatic heterocycles. The van der Waals surface area contributed by atoms with Crippen molar-refractivity contribution in [2.24, 2.45) is 0 Å². The summed E-state index contributed by atoms with van der Waals surface area (Å²) >= 11 is 0. The smallest absolute Gasteiger partial charge is 0.346 e. The standard InChI is InChI=1S/C30H28O5S/c1-3-32-21(2)34-30(31)20-33-22-12-14-23(15-13-22)35-24-16-18-25(19-17-24)36-28-10-6-4-8-26(28)27-9-5-7-11-29(27)36/h4-19,21,36H,3,20H2,1-2H3. The summed E-state index contributed by atoms with van der Waals surface area (Å²) in [5.41, 5.74) is 2.66. The van der Waals surface area contributed by atoms with Gasteiger partial charge < -0.3 is 18.9 Å². The second-order valence-corrected chi connectivity index (χ2v) is 10.4. The molecule has 6 heteroatoms. The maximum atomic E-state index is 11.8. The molecule has 1 atom stereocenters. The zero-order valence-corrected chi connectivity index (χ0v) is 21.1. The Morgan fingerprint density at radius 2 is 1.28 bits per heavy atom. The van der Waals surface area contributed by atoms with Crippen molar-refractivity contribution >= 4 is 16.9 Å². The molecule has 0 fully saturated rings. The molecule has 1 unspecified atom stereocenters. The zero-order chi connectivity index (χ0) is 24.9. The van der Waals surface area contributed by atoms with Gasteiger partial charge in [0.2, 0.25) is 0 Å². The molecule has 4 aromatic rings. The first-order chi connectivity index (χ1) is 17.6. The number of ether oxygens (including phenoxy) is 4. The maximum Gasteiger partial charge on any atom is 0.346 e. The van der Waals surface area contributed by atoms with Crippen molar-refractivity contribution in [2.75, 3.05) is 13.2 Å². The van der Waals surface area contributed by atoms with E-state index in [1.54, 1.807) is 19.1 Å². The lowest BCUT2D eigenvalue weighted by Crippen LogP contribution is -2.22. The molecular formula is C30H28O5S.